The van der Waals surface area contributed by atoms with Gasteiger partial charge in [0.1, 0.15) is 0 Å². The molecule has 1 aliphatic carbocycles. The van der Waals surface area contributed by atoms with Gasteiger partial charge in [-0.3, -0.25) is 0 Å². The number of hydrogen-bond donors (Lipinski definition) is 2. The van der Waals surface area contributed by atoms with Crippen LogP contribution < -0.4 is 10.5 Å². The molecule has 118 valence electrons. The molecule has 0 saturated heterocycles. The molecule has 0 aromatic heterocycles. The van der Waals surface area contributed by atoms with Crippen molar-refractivity contribution in [1.82, 2.24) is 9.62 Å². The van der Waals surface area contributed by atoms with Crippen molar-refractivity contribution < 1.29 is 8.42 Å². The van der Waals surface area contributed by atoms with Gasteiger partial charge in [-0.2, -0.15) is 0 Å². The van der Waals surface area contributed by atoms with E-state index in [2.05, 4.69) is 16.7 Å². The third kappa shape index (κ3) is 5.30. The van der Waals surface area contributed by atoms with Crippen molar-refractivity contribution in [2.24, 2.45) is 0 Å². The van der Waals surface area contributed by atoms with E-state index >= 15 is 0 Å². The van der Waals surface area contributed by atoms with Crippen LogP contribution in [0.2, 0.25) is 0 Å². The van der Waals surface area contributed by atoms with Crippen LogP contribution >= 0.6 is 0 Å². The number of nitrogens with zero attached hydrogens (tertiary/aromatic N) is 1. The van der Waals surface area contributed by atoms with E-state index in [4.69, 9.17) is 5.73 Å². The van der Waals surface area contributed by atoms with E-state index < -0.39 is 10.0 Å². The Hall–Kier alpha value is -1.11. The largest absolute Gasteiger partial charge is 0.399 e. The van der Waals surface area contributed by atoms with Gasteiger partial charge in [0, 0.05) is 24.8 Å². The zero-order chi connectivity index (χ0) is 15.3. The van der Waals surface area contributed by atoms with Gasteiger partial charge < -0.3 is 10.6 Å². The Kier molecular flexibility index (Phi) is 5.61. The van der Waals surface area contributed by atoms with Gasteiger partial charge in [-0.25, -0.2) is 13.1 Å². The second-order valence-electron chi connectivity index (χ2n) is 5.82. The molecule has 0 heterocycles. The normalized spacial score (nSPS) is 16.7. The molecule has 21 heavy (non-hydrogen) atoms. The van der Waals surface area contributed by atoms with Gasteiger partial charge in [-0.15, -0.1) is 0 Å². The van der Waals surface area contributed by atoms with E-state index in [1.54, 1.807) is 24.3 Å². The van der Waals surface area contributed by atoms with Crippen LogP contribution in [-0.2, 0) is 15.8 Å². The fraction of sp³-hybridized carbons (Fsp3) is 0.600. The molecule has 5 nitrogen and oxygen atoms in total. The van der Waals surface area contributed by atoms with Crippen molar-refractivity contribution in [3.63, 3.8) is 0 Å². The van der Waals surface area contributed by atoms with Crippen molar-refractivity contribution in [1.29, 1.82) is 0 Å². The number of nitrogens with one attached hydrogen (secondary N) is 1. The maximum Gasteiger partial charge on any atom is 0.215 e. The first-order chi connectivity index (χ1) is 9.96. The van der Waals surface area contributed by atoms with Crippen molar-refractivity contribution in [3.8, 4) is 0 Å². The summed E-state index contributed by atoms with van der Waals surface area (Å²) in [5, 5.41) is 0. The average molecular weight is 311 g/mol. The molecular weight excluding hydrogens is 286 g/mol. The molecule has 2 rings (SSSR count). The van der Waals surface area contributed by atoms with Crippen LogP contribution in [0.15, 0.2) is 24.3 Å². The second-order valence-corrected chi connectivity index (χ2v) is 7.62. The van der Waals surface area contributed by atoms with Crippen LogP contribution in [0, 0.1) is 0 Å². The molecule has 6 heteroatoms. The molecule has 1 aromatic carbocycles. The number of rotatable bonds is 7. The monoisotopic (exact) mass is 311 g/mol. The summed E-state index contributed by atoms with van der Waals surface area (Å²) in [6.45, 7) is 1.21. The third-order valence-corrected chi connectivity index (χ3v) is 5.40. The number of benzene rings is 1. The fourth-order valence-electron chi connectivity index (χ4n) is 2.86. The predicted octanol–water partition coefficient (Wildman–Crippen LogP) is 1.56. The second kappa shape index (κ2) is 7.24. The molecule has 1 fully saturated rings. The van der Waals surface area contributed by atoms with E-state index in [0.29, 0.717) is 23.8 Å². The van der Waals surface area contributed by atoms with E-state index in [1.807, 2.05) is 0 Å². The van der Waals surface area contributed by atoms with Crippen LogP contribution in [0.3, 0.4) is 0 Å². The lowest BCUT2D eigenvalue weighted by molar-refractivity contribution is 0.250. The zero-order valence-electron chi connectivity index (χ0n) is 12.6. The Morgan fingerprint density at radius 2 is 2.05 bits per heavy atom. The van der Waals surface area contributed by atoms with Crippen LogP contribution in [-0.4, -0.2) is 39.5 Å². The standard InChI is InChI=1S/C15H25N3O2S/c1-18(15-7-2-3-8-15)10-9-17-21(19,20)12-13-5-4-6-14(16)11-13/h4-6,11,15,17H,2-3,7-10,12,16H2,1H3. The lowest BCUT2D eigenvalue weighted by atomic mass is 10.2. The topological polar surface area (TPSA) is 75.4 Å². The van der Waals surface area contributed by atoms with Gasteiger partial charge in [0.25, 0.3) is 0 Å². The molecule has 0 radical (unpaired) electrons. The summed E-state index contributed by atoms with van der Waals surface area (Å²) < 4.78 is 26.8. The van der Waals surface area contributed by atoms with Crippen LogP contribution in [0.5, 0.6) is 0 Å². The smallest absolute Gasteiger partial charge is 0.215 e. The highest BCUT2D eigenvalue weighted by molar-refractivity contribution is 7.88. The summed E-state index contributed by atoms with van der Waals surface area (Å²) in [4.78, 5) is 2.26. The Morgan fingerprint density at radius 3 is 2.71 bits per heavy atom. The van der Waals surface area contributed by atoms with Crippen molar-refractivity contribution in [2.45, 2.75) is 37.5 Å². The predicted molar refractivity (Wildman–Crippen MR) is 86.4 cm³/mol. The molecule has 1 saturated carbocycles. The highest BCUT2D eigenvalue weighted by atomic mass is 32.2. The number of hydrogen-bond acceptors (Lipinski definition) is 4. The van der Waals surface area contributed by atoms with E-state index in [9.17, 15) is 8.42 Å². The molecule has 0 atom stereocenters. The van der Waals surface area contributed by atoms with Crippen LogP contribution in [0.1, 0.15) is 31.2 Å². The van der Waals surface area contributed by atoms with E-state index in [1.165, 1.54) is 25.7 Å². The van der Waals surface area contributed by atoms with E-state index in [0.717, 1.165) is 6.54 Å². The minimum atomic E-state index is -3.30. The molecule has 0 amide bonds. The minimum Gasteiger partial charge on any atom is -0.399 e. The number of anilines is 1. The molecular formula is C15H25N3O2S. The summed E-state index contributed by atoms with van der Waals surface area (Å²) in [7, 11) is -1.23. The molecule has 0 aliphatic heterocycles. The zero-order valence-corrected chi connectivity index (χ0v) is 13.4. The highest BCUT2D eigenvalue weighted by Gasteiger charge is 2.19. The van der Waals surface area contributed by atoms with Crippen LogP contribution in [0.4, 0.5) is 5.69 Å². The Morgan fingerprint density at radius 1 is 1.33 bits per heavy atom. The van der Waals surface area contributed by atoms with Gasteiger partial charge in [0.05, 0.1) is 5.75 Å². The first kappa shape index (κ1) is 16.3. The highest BCUT2D eigenvalue weighted by Crippen LogP contribution is 2.21. The Bertz CT molecular complexity index is 554. The van der Waals surface area contributed by atoms with Crippen molar-refractivity contribution >= 4 is 15.7 Å². The maximum atomic E-state index is 12.0. The molecule has 1 aromatic rings. The van der Waals surface area contributed by atoms with Gasteiger partial charge in [-0.05, 0) is 37.6 Å². The molecule has 1 aliphatic rings. The molecule has 3 N–H and O–H groups in total. The Labute approximate surface area is 127 Å². The third-order valence-electron chi connectivity index (χ3n) is 4.04. The van der Waals surface area contributed by atoms with Gasteiger partial charge in [-0.1, -0.05) is 25.0 Å². The van der Waals surface area contributed by atoms with Gasteiger partial charge >= 0.3 is 0 Å². The summed E-state index contributed by atoms with van der Waals surface area (Å²) in [5.74, 6) is -0.0226. The fourth-order valence-corrected chi connectivity index (χ4v) is 3.98. The summed E-state index contributed by atoms with van der Waals surface area (Å²) >= 11 is 0. The quantitative estimate of drug-likeness (QED) is 0.749. The molecule has 0 spiro atoms. The first-order valence-corrected chi connectivity index (χ1v) is 9.13. The summed E-state index contributed by atoms with van der Waals surface area (Å²) in [6, 6.07) is 7.61. The minimum absolute atomic E-state index is 0.0226. The Balaban J connectivity index is 1.78. The number of nitrogens with two attached hydrogens (primary N) is 1. The summed E-state index contributed by atoms with van der Waals surface area (Å²) in [5.41, 5.74) is 6.97. The average Bonchev–Trinajstić information content (AvgIpc) is 2.91. The number of sulfonamides is 1. The number of nitrogen functional groups attached to an aromatic ring is 1. The van der Waals surface area contributed by atoms with Crippen molar-refractivity contribution in [3.05, 3.63) is 29.8 Å². The SMILES string of the molecule is CN(CCNS(=O)(=O)Cc1cccc(N)c1)C1CCCC1. The lowest BCUT2D eigenvalue weighted by Gasteiger charge is -2.23. The number of likely N-dealkylation sites (N-methyl/N-ethyl adjacent to an activating group) is 1. The van der Waals surface area contributed by atoms with Crippen LogP contribution in [0.25, 0.3) is 0 Å². The van der Waals surface area contributed by atoms with Gasteiger partial charge in [0.2, 0.25) is 10.0 Å². The maximum absolute atomic E-state index is 12.0. The van der Waals surface area contributed by atoms with Crippen molar-refractivity contribution in [2.75, 3.05) is 25.9 Å². The first-order valence-electron chi connectivity index (χ1n) is 7.48. The summed E-state index contributed by atoms with van der Waals surface area (Å²) in [6.07, 6.45) is 5.03. The molecule has 0 unspecified atom stereocenters. The molecule has 0 bridgehead atoms. The van der Waals surface area contributed by atoms with Gasteiger partial charge in [0.15, 0.2) is 0 Å². The van der Waals surface area contributed by atoms with E-state index in [-0.39, 0.29) is 5.75 Å². The lowest BCUT2D eigenvalue weighted by Crippen LogP contribution is -2.37.